The van der Waals surface area contributed by atoms with Crippen LogP contribution >= 0.6 is 0 Å². The third kappa shape index (κ3) is 5.17. The summed E-state index contributed by atoms with van der Waals surface area (Å²) in [6.45, 7) is 6.66. The number of allylic oxidation sites excluding steroid dienone is 2. The lowest BCUT2D eigenvalue weighted by atomic mass is 9.49. The van der Waals surface area contributed by atoms with Gasteiger partial charge in [-0.25, -0.2) is 9.59 Å². The summed E-state index contributed by atoms with van der Waals surface area (Å²) in [6.07, 6.45) is 0.608. The van der Waals surface area contributed by atoms with Gasteiger partial charge in [0.2, 0.25) is 0 Å². The molecule has 12 rings (SSSR count). The fraction of sp³-hybridized carbons (Fsp3) is 0.609. The molecule has 6 aliphatic heterocycles. The van der Waals surface area contributed by atoms with Crippen molar-refractivity contribution in [2.45, 2.75) is 124 Å². The van der Waals surface area contributed by atoms with Crippen LogP contribution in [0.15, 0.2) is 85.0 Å². The number of aliphatic hydroxyl groups excluding tert-OH is 2. The van der Waals surface area contributed by atoms with E-state index < -0.39 is 113 Å². The van der Waals surface area contributed by atoms with Gasteiger partial charge < -0.3 is 54.0 Å². The van der Waals surface area contributed by atoms with Crippen molar-refractivity contribution in [2.24, 2.45) is 41.4 Å². The molecule has 316 valence electrons. The van der Waals surface area contributed by atoms with Crippen LogP contribution in [0.2, 0.25) is 0 Å². The number of hydrogen-bond acceptors (Lipinski definition) is 13. The van der Waals surface area contributed by atoms with Crippen LogP contribution in [-0.4, -0.2) is 109 Å². The van der Waals surface area contributed by atoms with Gasteiger partial charge in [-0.05, 0) is 68.6 Å². The summed E-state index contributed by atoms with van der Waals surface area (Å²) in [5.74, 6) is -6.79. The molecule has 2 aromatic carbocycles. The molecule has 10 aliphatic rings. The molecule has 2 aromatic rings. The molecule has 11 bridgehead atoms. The minimum Gasteiger partial charge on any atom is -0.456 e. The van der Waals surface area contributed by atoms with Gasteiger partial charge in [0.1, 0.15) is 53.4 Å². The number of aliphatic hydroxyl groups is 5. The van der Waals surface area contributed by atoms with Crippen LogP contribution < -0.4 is 0 Å². The largest absolute Gasteiger partial charge is 0.456 e. The van der Waals surface area contributed by atoms with Crippen molar-refractivity contribution >= 4 is 11.9 Å². The van der Waals surface area contributed by atoms with Crippen molar-refractivity contribution in [3.05, 3.63) is 96.1 Å². The number of esters is 2. The summed E-state index contributed by atoms with van der Waals surface area (Å²) in [4.78, 5) is 27.2. The van der Waals surface area contributed by atoms with E-state index in [0.717, 1.165) is 0 Å². The van der Waals surface area contributed by atoms with Crippen LogP contribution in [-0.2, 0) is 39.2 Å². The van der Waals surface area contributed by atoms with Crippen LogP contribution in [0.5, 0.6) is 0 Å². The normalized spacial score (nSPS) is 52.8. The molecule has 13 nitrogen and oxygen atoms in total. The van der Waals surface area contributed by atoms with Gasteiger partial charge in [-0.15, -0.1) is 0 Å². The number of ether oxygens (including phenoxy) is 6. The summed E-state index contributed by atoms with van der Waals surface area (Å²) < 4.78 is 39.7. The second-order valence-corrected chi connectivity index (χ2v) is 19.0. The number of carbonyl (C=O) groups excluding carboxylic acids is 2. The lowest BCUT2D eigenvalue weighted by molar-refractivity contribution is -0.595. The van der Waals surface area contributed by atoms with Crippen molar-refractivity contribution in [2.75, 3.05) is 6.61 Å². The van der Waals surface area contributed by atoms with Gasteiger partial charge in [-0.1, -0.05) is 81.5 Å². The number of hydrogen-bond donors (Lipinski definition) is 5. The molecule has 8 fully saturated rings. The van der Waals surface area contributed by atoms with Crippen molar-refractivity contribution < 1.29 is 63.5 Å². The first-order valence-corrected chi connectivity index (χ1v) is 21.2. The molecule has 4 saturated carbocycles. The van der Waals surface area contributed by atoms with Gasteiger partial charge in [0, 0.05) is 35.3 Å². The van der Waals surface area contributed by atoms with E-state index in [2.05, 4.69) is 6.92 Å². The third-order valence-corrected chi connectivity index (χ3v) is 16.2. The molecule has 0 amide bonds. The van der Waals surface area contributed by atoms with Gasteiger partial charge in [0.25, 0.3) is 0 Å². The van der Waals surface area contributed by atoms with E-state index in [0.29, 0.717) is 24.0 Å². The van der Waals surface area contributed by atoms with Gasteiger partial charge in [-0.2, -0.15) is 0 Å². The molecule has 4 aliphatic carbocycles. The first-order valence-electron chi connectivity index (χ1n) is 21.2. The van der Waals surface area contributed by atoms with E-state index in [9.17, 15) is 35.1 Å². The Morgan fingerprint density at radius 2 is 1.58 bits per heavy atom. The summed E-state index contributed by atoms with van der Waals surface area (Å²) in [5, 5.41) is 63.4. The number of rotatable bonds is 4. The number of carbonyl (C=O) groups is 2. The van der Waals surface area contributed by atoms with Gasteiger partial charge in [0.15, 0.2) is 0 Å². The van der Waals surface area contributed by atoms with E-state index in [1.54, 1.807) is 55.5 Å². The zero-order valence-electron chi connectivity index (χ0n) is 33.6. The first-order chi connectivity index (χ1) is 28.1. The zero-order chi connectivity index (χ0) is 41.5. The summed E-state index contributed by atoms with van der Waals surface area (Å²) >= 11 is 0. The van der Waals surface area contributed by atoms with Crippen molar-refractivity contribution in [3.63, 3.8) is 0 Å². The Balaban J connectivity index is 1.14. The predicted octanol–water partition coefficient (Wildman–Crippen LogP) is 3.31. The molecule has 1 spiro atoms. The lowest BCUT2D eigenvalue weighted by Crippen LogP contribution is -2.89. The summed E-state index contributed by atoms with van der Waals surface area (Å²) in [5.41, 5.74) is -8.50. The van der Waals surface area contributed by atoms with E-state index >= 15 is 0 Å². The van der Waals surface area contributed by atoms with Crippen LogP contribution in [0, 0.1) is 41.4 Å². The Morgan fingerprint density at radius 1 is 0.881 bits per heavy atom. The van der Waals surface area contributed by atoms with Gasteiger partial charge in [-0.3, -0.25) is 0 Å². The quantitative estimate of drug-likeness (QED) is 0.223. The Morgan fingerprint density at radius 3 is 2.29 bits per heavy atom. The minimum atomic E-state index is -2.22. The Bertz CT molecular complexity index is 2060. The minimum absolute atomic E-state index is 0.102. The molecule has 19 atom stereocenters. The maximum atomic E-state index is 13.7. The first kappa shape index (κ1) is 39.6. The van der Waals surface area contributed by atoms with E-state index in [1.165, 1.54) is 12.2 Å². The maximum Gasteiger partial charge on any atom is 0.338 e. The summed E-state index contributed by atoms with van der Waals surface area (Å²) in [6, 6.07) is 17.7. The van der Waals surface area contributed by atoms with Gasteiger partial charge in [0.05, 0.1) is 23.4 Å². The Labute approximate surface area is 342 Å². The number of epoxide rings is 1. The Hall–Kier alpha value is -3.50. The number of benzene rings is 2. The molecule has 59 heavy (non-hydrogen) atoms. The molecule has 0 aromatic heterocycles. The van der Waals surface area contributed by atoms with E-state index in [-0.39, 0.29) is 30.6 Å². The highest BCUT2D eigenvalue weighted by Crippen LogP contribution is 2.75. The molecule has 6 heterocycles. The topological polar surface area (TPSA) is 194 Å². The van der Waals surface area contributed by atoms with E-state index in [1.807, 2.05) is 38.1 Å². The molecule has 0 unspecified atom stereocenters. The molecule has 5 N–H and O–H groups in total. The molecular formula is C46H54O13. The number of fused-ring (bicyclic) bond motifs is 6. The molecule has 0 radical (unpaired) electrons. The van der Waals surface area contributed by atoms with Crippen LogP contribution in [0.1, 0.15) is 69.3 Å². The third-order valence-electron chi connectivity index (χ3n) is 16.2. The van der Waals surface area contributed by atoms with Gasteiger partial charge >= 0.3 is 17.9 Å². The zero-order valence-corrected chi connectivity index (χ0v) is 33.6. The monoisotopic (exact) mass is 814 g/mol. The fourth-order valence-electron chi connectivity index (χ4n) is 13.3. The summed E-state index contributed by atoms with van der Waals surface area (Å²) in [7, 11) is 0. The lowest BCUT2D eigenvalue weighted by Gasteiger charge is -2.74. The highest BCUT2D eigenvalue weighted by molar-refractivity contribution is 5.89. The van der Waals surface area contributed by atoms with Crippen molar-refractivity contribution in [1.82, 2.24) is 0 Å². The smallest absolute Gasteiger partial charge is 0.338 e. The predicted molar refractivity (Wildman–Crippen MR) is 207 cm³/mol. The molecular weight excluding hydrogens is 760 g/mol. The molecule has 4 saturated heterocycles. The Kier molecular flexibility index (Phi) is 8.90. The van der Waals surface area contributed by atoms with Crippen molar-refractivity contribution in [3.8, 4) is 0 Å². The van der Waals surface area contributed by atoms with Crippen LogP contribution in [0.4, 0.5) is 0 Å². The van der Waals surface area contributed by atoms with Crippen molar-refractivity contribution in [1.29, 1.82) is 0 Å². The highest BCUT2D eigenvalue weighted by Gasteiger charge is 2.91. The molecule has 13 heteroatoms. The second kappa shape index (κ2) is 13.3. The SMILES string of the molecule is C[C@H]1[C@@H]2CC[C@@H]1[C@@H](OC(=O)c1ccccc1)/C=C/C=C/C(=O)O[C@H]1[C@@H](C)C[C@@H]3[C@]1(O)[C@H](O)[C@@]1(CO)O[C@H]1[C@H]1[C@H]4O[C@]5(c6ccccc6)O[C@@H]([C@H](C)[C@@]13O5)[C@@]4(O)[C@](C)(O)C2. The maximum absolute atomic E-state index is 13.7. The standard InChI is InChI=1S/C46H54O13/c1-24-21-32-43(52)35(24)55-33(48)18-12-11-17-31(54-39(49)27-13-7-5-8-14-27)30-20-19-28(25(30)2)22-41(4,51)45(53)36-26(3)44(32)34(37-42(23-47,56-37)40(43)50)38(45)58-46(57-36,59-44)29-15-9-6-10-16-29/h5-18,24-26,28,30-32,34-38,40,47,50-53H,19-23H2,1-4H3/b17-11+,18-12+/t24-,25-,26-,28+,30-,31-,32+,34-,35-,36-,37-,38+,40+,41+,42-,43+,44-,45-,46-/m0/s1. The fourth-order valence-corrected chi connectivity index (χ4v) is 13.3. The highest BCUT2D eigenvalue weighted by atomic mass is 16.9. The average Bonchev–Trinajstić information content (AvgIpc) is 3.79. The van der Waals surface area contributed by atoms with E-state index in [4.69, 9.17) is 28.4 Å². The average molecular weight is 815 g/mol. The second-order valence-electron chi connectivity index (χ2n) is 19.0. The van der Waals surface area contributed by atoms with Crippen LogP contribution in [0.25, 0.3) is 0 Å². The van der Waals surface area contributed by atoms with Crippen LogP contribution in [0.3, 0.4) is 0 Å².